The topological polar surface area (TPSA) is 56.7 Å². The standard InChI is InChI=1S/C13H22N4/c1-9(10-5-6-10)17-13(11-3-2-4-11)12(7-8-14)15-16-17/h9-11H,2-8,14H2,1H3. The fourth-order valence-corrected chi connectivity index (χ4v) is 2.83. The van der Waals surface area contributed by atoms with Gasteiger partial charge in [0.2, 0.25) is 0 Å². The minimum absolute atomic E-state index is 0.532. The van der Waals surface area contributed by atoms with Crippen molar-refractivity contribution in [3.8, 4) is 0 Å². The van der Waals surface area contributed by atoms with Crippen molar-refractivity contribution in [2.45, 2.75) is 57.4 Å². The van der Waals surface area contributed by atoms with Gasteiger partial charge in [0.1, 0.15) is 0 Å². The van der Waals surface area contributed by atoms with E-state index in [9.17, 15) is 0 Å². The van der Waals surface area contributed by atoms with Crippen molar-refractivity contribution in [1.29, 1.82) is 0 Å². The maximum atomic E-state index is 5.67. The molecule has 0 aromatic carbocycles. The van der Waals surface area contributed by atoms with E-state index in [1.54, 1.807) is 0 Å². The molecule has 1 unspecified atom stereocenters. The van der Waals surface area contributed by atoms with Crippen LogP contribution in [0.1, 0.15) is 62.4 Å². The molecule has 0 amide bonds. The number of rotatable bonds is 5. The molecule has 94 valence electrons. The lowest BCUT2D eigenvalue weighted by molar-refractivity contribution is 0.350. The molecule has 1 atom stereocenters. The highest BCUT2D eigenvalue weighted by molar-refractivity contribution is 5.19. The summed E-state index contributed by atoms with van der Waals surface area (Å²) in [5.41, 5.74) is 8.23. The van der Waals surface area contributed by atoms with Gasteiger partial charge in [-0.25, -0.2) is 4.68 Å². The first kappa shape index (κ1) is 11.2. The van der Waals surface area contributed by atoms with Crippen LogP contribution in [0.2, 0.25) is 0 Å². The van der Waals surface area contributed by atoms with E-state index in [2.05, 4.69) is 21.9 Å². The first-order valence-corrected chi connectivity index (χ1v) is 6.95. The molecule has 0 saturated heterocycles. The summed E-state index contributed by atoms with van der Waals surface area (Å²) in [6.07, 6.45) is 7.57. The van der Waals surface area contributed by atoms with Crippen molar-refractivity contribution in [3.05, 3.63) is 11.4 Å². The normalized spacial score (nSPS) is 22.5. The molecule has 0 bridgehead atoms. The zero-order valence-corrected chi connectivity index (χ0v) is 10.6. The summed E-state index contributed by atoms with van der Waals surface area (Å²) >= 11 is 0. The predicted octanol–water partition coefficient (Wildman–Crippen LogP) is 2.02. The summed E-state index contributed by atoms with van der Waals surface area (Å²) in [6, 6.07) is 0.532. The average molecular weight is 234 g/mol. The lowest BCUT2D eigenvalue weighted by Gasteiger charge is -2.28. The fourth-order valence-electron chi connectivity index (χ4n) is 2.83. The molecular weight excluding hydrogens is 212 g/mol. The van der Waals surface area contributed by atoms with Crippen LogP contribution in [0.4, 0.5) is 0 Å². The molecule has 0 aliphatic heterocycles. The Morgan fingerprint density at radius 1 is 1.35 bits per heavy atom. The molecule has 0 radical (unpaired) electrons. The molecule has 2 fully saturated rings. The Kier molecular flexibility index (Phi) is 2.90. The van der Waals surface area contributed by atoms with Crippen molar-refractivity contribution in [3.63, 3.8) is 0 Å². The van der Waals surface area contributed by atoms with Gasteiger partial charge in [-0.3, -0.25) is 0 Å². The molecule has 1 aromatic rings. The molecule has 17 heavy (non-hydrogen) atoms. The summed E-state index contributed by atoms with van der Waals surface area (Å²) in [5, 5.41) is 8.78. The second kappa shape index (κ2) is 4.41. The molecule has 4 nitrogen and oxygen atoms in total. The lowest BCUT2D eigenvalue weighted by Crippen LogP contribution is -2.20. The Morgan fingerprint density at radius 2 is 2.12 bits per heavy atom. The van der Waals surface area contributed by atoms with Crippen molar-refractivity contribution in [2.75, 3.05) is 6.54 Å². The third kappa shape index (κ3) is 1.99. The smallest absolute Gasteiger partial charge is 0.0874 e. The summed E-state index contributed by atoms with van der Waals surface area (Å²) in [4.78, 5) is 0. The van der Waals surface area contributed by atoms with E-state index in [0.717, 1.165) is 18.0 Å². The van der Waals surface area contributed by atoms with E-state index in [1.807, 2.05) is 0 Å². The van der Waals surface area contributed by atoms with Crippen molar-refractivity contribution in [1.82, 2.24) is 15.0 Å². The highest BCUT2D eigenvalue weighted by atomic mass is 15.4. The quantitative estimate of drug-likeness (QED) is 0.848. The monoisotopic (exact) mass is 234 g/mol. The van der Waals surface area contributed by atoms with Gasteiger partial charge in [0.05, 0.1) is 17.4 Å². The molecule has 0 spiro atoms. The van der Waals surface area contributed by atoms with E-state index in [4.69, 9.17) is 5.73 Å². The Labute approximate surface area is 103 Å². The zero-order chi connectivity index (χ0) is 11.8. The predicted molar refractivity (Wildman–Crippen MR) is 66.8 cm³/mol. The van der Waals surface area contributed by atoms with Crippen LogP contribution in [-0.2, 0) is 6.42 Å². The van der Waals surface area contributed by atoms with E-state index in [1.165, 1.54) is 37.8 Å². The number of nitrogens with zero attached hydrogens (tertiary/aromatic N) is 3. The van der Waals surface area contributed by atoms with E-state index in [-0.39, 0.29) is 0 Å². The third-order valence-electron chi connectivity index (χ3n) is 4.37. The SMILES string of the molecule is CC(C1CC1)n1nnc(CCN)c1C1CCC1. The molecule has 1 heterocycles. The zero-order valence-electron chi connectivity index (χ0n) is 10.6. The summed E-state index contributed by atoms with van der Waals surface area (Å²) in [6.45, 7) is 2.97. The van der Waals surface area contributed by atoms with E-state index >= 15 is 0 Å². The first-order valence-electron chi connectivity index (χ1n) is 6.95. The molecular formula is C13H22N4. The highest BCUT2D eigenvalue weighted by Gasteiger charge is 2.34. The Bertz CT molecular complexity index is 390. The third-order valence-corrected chi connectivity index (χ3v) is 4.37. The van der Waals surface area contributed by atoms with Crippen LogP contribution in [0.3, 0.4) is 0 Å². The van der Waals surface area contributed by atoms with Crippen molar-refractivity contribution >= 4 is 0 Å². The van der Waals surface area contributed by atoms with Crippen LogP contribution in [0, 0.1) is 5.92 Å². The van der Waals surface area contributed by atoms with Gasteiger partial charge in [-0.1, -0.05) is 11.6 Å². The van der Waals surface area contributed by atoms with Crippen LogP contribution in [0.15, 0.2) is 0 Å². The Balaban J connectivity index is 1.89. The average Bonchev–Trinajstić information content (AvgIpc) is 3.02. The second-order valence-corrected chi connectivity index (χ2v) is 5.61. The van der Waals surface area contributed by atoms with Crippen LogP contribution >= 0.6 is 0 Å². The molecule has 1 aromatic heterocycles. The Morgan fingerprint density at radius 3 is 2.65 bits per heavy atom. The molecule has 2 aliphatic carbocycles. The number of hydrogen-bond donors (Lipinski definition) is 1. The van der Waals surface area contributed by atoms with Gasteiger partial charge in [0, 0.05) is 12.3 Å². The van der Waals surface area contributed by atoms with Gasteiger partial charge in [-0.15, -0.1) is 5.10 Å². The number of hydrogen-bond acceptors (Lipinski definition) is 3. The maximum Gasteiger partial charge on any atom is 0.0874 e. The van der Waals surface area contributed by atoms with Gasteiger partial charge in [0.15, 0.2) is 0 Å². The van der Waals surface area contributed by atoms with Gasteiger partial charge in [-0.05, 0) is 45.1 Å². The second-order valence-electron chi connectivity index (χ2n) is 5.61. The largest absolute Gasteiger partial charge is 0.330 e. The molecule has 2 N–H and O–H groups in total. The lowest BCUT2D eigenvalue weighted by atomic mass is 9.81. The Hall–Kier alpha value is -0.900. The molecule has 2 aliphatic rings. The minimum atomic E-state index is 0.532. The van der Waals surface area contributed by atoms with Gasteiger partial charge >= 0.3 is 0 Å². The highest BCUT2D eigenvalue weighted by Crippen LogP contribution is 2.43. The van der Waals surface area contributed by atoms with Gasteiger partial charge in [0.25, 0.3) is 0 Å². The van der Waals surface area contributed by atoms with Crippen LogP contribution in [0.25, 0.3) is 0 Å². The molecule has 4 heteroatoms. The first-order chi connectivity index (χ1) is 8.31. The number of aromatic nitrogens is 3. The van der Waals surface area contributed by atoms with Crippen molar-refractivity contribution < 1.29 is 0 Å². The summed E-state index contributed by atoms with van der Waals surface area (Å²) in [7, 11) is 0. The van der Waals surface area contributed by atoms with Crippen LogP contribution < -0.4 is 5.73 Å². The molecule has 3 rings (SSSR count). The van der Waals surface area contributed by atoms with Gasteiger partial charge < -0.3 is 5.73 Å². The molecule has 2 saturated carbocycles. The number of nitrogens with two attached hydrogens (primary N) is 1. The summed E-state index contributed by atoms with van der Waals surface area (Å²) in [5.74, 6) is 1.54. The van der Waals surface area contributed by atoms with E-state index in [0.29, 0.717) is 18.5 Å². The van der Waals surface area contributed by atoms with Gasteiger partial charge in [-0.2, -0.15) is 0 Å². The fraction of sp³-hybridized carbons (Fsp3) is 0.846. The van der Waals surface area contributed by atoms with Crippen LogP contribution in [0.5, 0.6) is 0 Å². The maximum absolute atomic E-state index is 5.67. The summed E-state index contributed by atoms with van der Waals surface area (Å²) < 4.78 is 2.21. The van der Waals surface area contributed by atoms with Crippen LogP contribution in [-0.4, -0.2) is 21.5 Å². The minimum Gasteiger partial charge on any atom is -0.330 e. The van der Waals surface area contributed by atoms with Crippen molar-refractivity contribution in [2.24, 2.45) is 11.7 Å². The van der Waals surface area contributed by atoms with E-state index < -0.39 is 0 Å².